The fourth-order valence-corrected chi connectivity index (χ4v) is 7.41. The van der Waals surface area contributed by atoms with Gasteiger partial charge in [-0.05, 0) is 55.2 Å². The molecule has 20 heteroatoms. The third kappa shape index (κ3) is 28.8. The Morgan fingerprint density at radius 2 is 1.26 bits per heavy atom. The van der Waals surface area contributed by atoms with Crippen molar-refractivity contribution in [3.8, 4) is 0 Å². The van der Waals surface area contributed by atoms with Crippen molar-refractivity contribution in [2.75, 3.05) is 4.43 Å². The maximum Gasteiger partial charge on any atom is 1.00 e. The molecule has 9 nitrogen and oxygen atoms in total. The molecule has 0 aromatic heterocycles. The van der Waals surface area contributed by atoms with Crippen LogP contribution in [0, 0.1) is 11.8 Å². The minimum atomic E-state index is -4.27. The number of Topliss-reactive ketones (excluding diaryl/α,β-unsaturated/α-hetero) is 1. The van der Waals surface area contributed by atoms with Gasteiger partial charge in [0.15, 0.2) is 0 Å². The molecule has 317 valence electrons. The summed E-state index contributed by atoms with van der Waals surface area (Å²) in [5.74, 6) is -1.53. The van der Waals surface area contributed by atoms with Crippen molar-refractivity contribution in [1.29, 1.82) is 0 Å². The zero-order valence-electron chi connectivity index (χ0n) is 32.8. The first kappa shape index (κ1) is 57.9. The fourth-order valence-electron chi connectivity index (χ4n) is 5.36. The molecule has 57 heavy (non-hydrogen) atoms. The van der Waals surface area contributed by atoms with E-state index in [-0.39, 0.29) is 51.2 Å². The van der Waals surface area contributed by atoms with Crippen LogP contribution in [0.1, 0.15) is 109 Å². The molecule has 2 aliphatic carbocycles. The quantitative estimate of drug-likeness (QED) is 0.0846. The van der Waals surface area contributed by atoms with Crippen molar-refractivity contribution in [2.45, 2.75) is 116 Å². The first-order valence-electron chi connectivity index (χ1n) is 17.4. The molecule has 0 heterocycles. The van der Waals surface area contributed by atoms with Gasteiger partial charge in [0.1, 0.15) is 11.8 Å². The maximum absolute atomic E-state index is 13.3. The summed E-state index contributed by atoms with van der Waals surface area (Å²) in [4.78, 5) is 47.5. The minimum absolute atomic E-state index is 0. The number of hydrogen-bond donors (Lipinski definition) is 2. The van der Waals surface area contributed by atoms with Crippen molar-refractivity contribution in [1.82, 2.24) is 5.32 Å². The van der Waals surface area contributed by atoms with Crippen molar-refractivity contribution in [2.24, 2.45) is 15.8 Å². The van der Waals surface area contributed by atoms with Gasteiger partial charge in [-0.15, -0.1) is 0 Å². The predicted molar refractivity (Wildman–Crippen MR) is 203 cm³/mol. The number of benzene rings is 2. The van der Waals surface area contributed by atoms with Gasteiger partial charge < -0.3 is 12.7 Å². The van der Waals surface area contributed by atoms with Crippen molar-refractivity contribution in [3.05, 3.63) is 68.6 Å². The molecular formula is C37H49BBr2F6IN2NaO7-. The first-order valence-corrected chi connectivity index (χ1v) is 21.8. The van der Waals surface area contributed by atoms with E-state index in [0.717, 1.165) is 67.7 Å². The molecule has 0 aliphatic heterocycles. The van der Waals surface area contributed by atoms with E-state index in [4.69, 9.17) is 3.95 Å². The molecule has 5 atom stereocenters. The molecule has 0 unspecified atom stereocenters. The summed E-state index contributed by atoms with van der Waals surface area (Å²) in [5.41, 5.74) is 0.565. The normalized spacial score (nSPS) is 18.6. The topological polar surface area (TPSA) is 134 Å². The molecule has 2 aromatic rings. The van der Waals surface area contributed by atoms with Gasteiger partial charge in [0.25, 0.3) is 0 Å². The van der Waals surface area contributed by atoms with Gasteiger partial charge in [-0.25, -0.2) is 19.4 Å². The Morgan fingerprint density at radius 1 is 0.807 bits per heavy atom. The summed E-state index contributed by atoms with van der Waals surface area (Å²) in [6.07, 6.45) is -0.648. The van der Waals surface area contributed by atoms with E-state index in [2.05, 4.69) is 73.5 Å². The molecular weight excluding hydrogens is 1020 g/mol. The van der Waals surface area contributed by atoms with E-state index in [1.807, 2.05) is 0 Å². The Balaban J connectivity index is 0. The van der Waals surface area contributed by atoms with Gasteiger partial charge in [-0.1, -0.05) is 54.8 Å². The summed E-state index contributed by atoms with van der Waals surface area (Å²) in [7, 11) is 4.32. The van der Waals surface area contributed by atoms with Gasteiger partial charge in [0.05, 0.1) is 0 Å². The van der Waals surface area contributed by atoms with Crippen molar-refractivity contribution in [3.63, 3.8) is 0 Å². The van der Waals surface area contributed by atoms with Crippen LogP contribution in [0.5, 0.6) is 0 Å². The van der Waals surface area contributed by atoms with Crippen LogP contribution in [0.2, 0.25) is 0 Å². The van der Waals surface area contributed by atoms with E-state index in [1.54, 1.807) is 24.3 Å². The first-order chi connectivity index (χ1) is 26.0. The van der Waals surface area contributed by atoms with Gasteiger partial charge >= 0.3 is 153 Å². The number of halogens is 9. The van der Waals surface area contributed by atoms with Crippen LogP contribution in [0.4, 0.5) is 26.3 Å². The Hall–Kier alpha value is -1.23. The minimum Gasteiger partial charge on any atom is -0.793 e. The van der Waals surface area contributed by atoms with Crippen LogP contribution in [-0.4, -0.2) is 54.6 Å². The van der Waals surface area contributed by atoms with Gasteiger partial charge in [-0.2, -0.15) is 13.2 Å². The smallest absolute Gasteiger partial charge is 0.793 e. The second kappa shape index (κ2) is 30.7. The Labute approximate surface area is 382 Å². The summed E-state index contributed by atoms with van der Waals surface area (Å²) in [6.45, 7) is 7.78. The predicted octanol–water partition coefficient (Wildman–Crippen LogP) is 3.71. The third-order valence-electron chi connectivity index (χ3n) is 7.95. The molecule has 2 aliphatic rings. The van der Waals surface area contributed by atoms with Crippen LogP contribution in [0.25, 0.3) is 0 Å². The van der Waals surface area contributed by atoms with Crippen molar-refractivity contribution < 1.29 is 111 Å². The number of alkyl halides is 7. The molecule has 3 radical (unpaired) electrons. The summed E-state index contributed by atoms with van der Waals surface area (Å²) in [6, 6.07) is 10.9. The number of hydrogen-bond acceptors (Lipinski definition) is 9. The average molecular weight is 1070 g/mol. The maximum atomic E-state index is 13.3. The molecule has 4 rings (SSSR count). The van der Waals surface area contributed by atoms with E-state index < -0.39 is 63.7 Å². The molecule has 2 saturated carbocycles. The largest absolute Gasteiger partial charge is 1.00 e. The Morgan fingerprint density at radius 3 is 1.60 bits per heavy atom. The number of rotatable bonds is 6. The van der Waals surface area contributed by atoms with Crippen LogP contribution in [0.15, 0.2) is 57.5 Å². The SMILES string of the molecule is CC(=O)OOC(C)=O.C[C@@H]1CCCC(=O)C1.C[C@@H]1CCC[C@H](N[C@H](c2ccc(Br)cc2)C(F)(F)F)C1.N[I-]C[C@H](c1ccc(Br)cc1)C(F)(F)F.[B-]OC(C)=O.[Na+]. The van der Waals surface area contributed by atoms with Gasteiger partial charge in [-0.3, -0.25) is 14.9 Å². The fraction of sp³-hybridized carbons (Fsp3) is 0.568. The van der Waals surface area contributed by atoms with Crippen LogP contribution >= 0.6 is 31.9 Å². The Kier molecular flexibility index (Phi) is 31.2. The monoisotopic (exact) mass is 1070 g/mol. The molecule has 0 bridgehead atoms. The second-order valence-corrected chi connectivity index (χ2v) is 16.7. The molecule has 3 N–H and O–H groups in total. The molecule has 2 aromatic carbocycles. The van der Waals surface area contributed by atoms with E-state index >= 15 is 0 Å². The number of ketones is 1. The number of nitrogens with one attached hydrogen (secondary N) is 1. The van der Waals surface area contributed by atoms with Gasteiger partial charge in [0.2, 0.25) is 5.97 Å². The zero-order chi connectivity index (χ0) is 43.1. The van der Waals surface area contributed by atoms with Crippen LogP contribution in [0.3, 0.4) is 0 Å². The van der Waals surface area contributed by atoms with E-state index in [9.17, 15) is 45.5 Å². The number of carbonyl (C=O) groups is 4. The van der Waals surface area contributed by atoms with Crippen LogP contribution in [-0.2, 0) is 33.6 Å². The van der Waals surface area contributed by atoms with E-state index in [0.29, 0.717) is 17.6 Å². The summed E-state index contributed by atoms with van der Waals surface area (Å²) < 4.78 is 88.3. The number of nitrogens with two attached hydrogens (primary N) is 1. The summed E-state index contributed by atoms with van der Waals surface area (Å²) in [5, 5.41) is 2.82. The molecule has 0 spiro atoms. The molecule has 0 saturated heterocycles. The molecule has 2 fully saturated rings. The average Bonchev–Trinajstić information content (AvgIpc) is 3.10. The molecule has 0 amide bonds. The Bertz CT molecular complexity index is 1450. The van der Waals surface area contributed by atoms with Gasteiger partial charge in [0, 0.05) is 44.1 Å². The number of carbonyl (C=O) groups excluding carboxylic acids is 4. The van der Waals surface area contributed by atoms with E-state index in [1.165, 1.54) is 37.6 Å². The zero-order valence-corrected chi connectivity index (χ0v) is 40.1. The second-order valence-electron chi connectivity index (χ2n) is 13.1. The standard InChI is InChI=1S/C15H19BrF3N.C9H9BrF3IN.C7H12O.C4H6O4.C2H3BO2.Na/c1-10-3-2-4-13(9-10)20-14(15(17,18)19)11-5-7-12(16)8-6-11;10-7-3-1-6(2-4-7)8(5-14-15)9(11,12)13;1-6-3-2-4-7(8)5-6;1-3(5)7-8-4(2)6;1-2(4)5-3;/h5-8,10,13-14,20H,2-4,9H2,1H3;1-4,8H,5,15H2;6H,2-5H2,1H3;1-2H3;1H3;/q;-1;;;-1;+1/t10-,13+,14-;8-;6-;;;/m111.../s1. The van der Waals surface area contributed by atoms with Crippen LogP contribution < -0.4 is 60.3 Å². The third-order valence-corrected chi connectivity index (χ3v) is 10.4. The summed E-state index contributed by atoms with van der Waals surface area (Å²) >= 11 is 5.57. The van der Waals surface area contributed by atoms with Crippen molar-refractivity contribution >= 4 is 63.6 Å².